The van der Waals surface area contributed by atoms with Crippen LogP contribution in [0.3, 0.4) is 0 Å². The van der Waals surface area contributed by atoms with E-state index in [4.69, 9.17) is 17.3 Å². The fourth-order valence-electron chi connectivity index (χ4n) is 1.66. The maximum absolute atomic E-state index is 12.3. The Hall–Kier alpha value is -0.430. The number of hydrogen-bond donors (Lipinski definition) is 1. The van der Waals surface area contributed by atoms with Crippen LogP contribution in [0.5, 0.6) is 0 Å². The summed E-state index contributed by atoms with van der Waals surface area (Å²) in [4.78, 5) is 0.108. The van der Waals surface area contributed by atoms with Gasteiger partial charge in [-0.15, -0.1) is 0 Å². The molecule has 1 aromatic rings. The molecular formula is C10H13ClN2O2S2. The number of hydrogen-bond acceptors (Lipinski definition) is 4. The molecule has 0 unspecified atom stereocenters. The van der Waals surface area contributed by atoms with Gasteiger partial charge in [0, 0.05) is 29.6 Å². The Bertz CT molecular complexity index is 513. The smallest absolute Gasteiger partial charge is 0.245 e. The third-order valence-corrected chi connectivity index (χ3v) is 5.70. The first-order valence-electron chi connectivity index (χ1n) is 5.15. The Morgan fingerprint density at radius 3 is 2.59 bits per heavy atom. The highest BCUT2D eigenvalue weighted by Crippen LogP contribution is 2.27. The van der Waals surface area contributed by atoms with Crippen LogP contribution in [0.15, 0.2) is 23.1 Å². The molecule has 94 valence electrons. The maximum atomic E-state index is 12.3. The first-order chi connectivity index (χ1) is 8.01. The fraction of sp³-hybridized carbons (Fsp3) is 0.400. The van der Waals surface area contributed by atoms with Crippen LogP contribution < -0.4 is 5.73 Å². The van der Waals surface area contributed by atoms with E-state index in [1.54, 1.807) is 17.8 Å². The summed E-state index contributed by atoms with van der Waals surface area (Å²) in [5.41, 5.74) is 5.96. The fourth-order valence-corrected chi connectivity index (χ4v) is 4.61. The van der Waals surface area contributed by atoms with Gasteiger partial charge in [-0.25, -0.2) is 8.42 Å². The molecule has 0 atom stereocenters. The van der Waals surface area contributed by atoms with Crippen molar-refractivity contribution in [2.24, 2.45) is 0 Å². The van der Waals surface area contributed by atoms with Crippen LogP contribution in [0.1, 0.15) is 0 Å². The summed E-state index contributed by atoms with van der Waals surface area (Å²) in [6, 6.07) is 4.52. The number of nitrogens with two attached hydrogens (primary N) is 1. The molecule has 2 N–H and O–H groups in total. The van der Waals surface area contributed by atoms with Gasteiger partial charge in [-0.1, -0.05) is 11.6 Å². The van der Waals surface area contributed by atoms with Gasteiger partial charge in [0.2, 0.25) is 10.0 Å². The van der Waals surface area contributed by atoms with Crippen LogP contribution in [-0.2, 0) is 10.0 Å². The SMILES string of the molecule is Nc1ccc(Cl)cc1S(=O)(=O)N1CCSCC1. The third-order valence-electron chi connectivity index (χ3n) is 2.56. The van der Waals surface area contributed by atoms with Gasteiger partial charge in [0.05, 0.1) is 5.69 Å². The molecule has 0 saturated carbocycles. The molecule has 4 nitrogen and oxygen atoms in total. The lowest BCUT2D eigenvalue weighted by Crippen LogP contribution is -2.38. The molecule has 2 rings (SSSR count). The molecule has 1 aliphatic heterocycles. The highest BCUT2D eigenvalue weighted by molar-refractivity contribution is 7.99. The second-order valence-electron chi connectivity index (χ2n) is 3.70. The van der Waals surface area contributed by atoms with E-state index < -0.39 is 10.0 Å². The average molecular weight is 293 g/mol. The van der Waals surface area contributed by atoms with Gasteiger partial charge in [0.1, 0.15) is 4.90 Å². The first kappa shape index (κ1) is 13.0. The minimum Gasteiger partial charge on any atom is -0.398 e. The second kappa shape index (κ2) is 5.06. The van der Waals surface area contributed by atoms with E-state index in [0.29, 0.717) is 18.1 Å². The molecule has 1 aromatic carbocycles. The van der Waals surface area contributed by atoms with Crippen LogP contribution in [0.25, 0.3) is 0 Å². The van der Waals surface area contributed by atoms with Crippen molar-refractivity contribution in [3.05, 3.63) is 23.2 Å². The summed E-state index contributed by atoms with van der Waals surface area (Å²) in [5.74, 6) is 1.64. The van der Waals surface area contributed by atoms with Crippen molar-refractivity contribution in [1.29, 1.82) is 0 Å². The number of nitrogen functional groups attached to an aromatic ring is 1. The van der Waals surface area contributed by atoms with E-state index >= 15 is 0 Å². The van der Waals surface area contributed by atoms with Gasteiger partial charge in [0.25, 0.3) is 0 Å². The monoisotopic (exact) mass is 292 g/mol. The summed E-state index contributed by atoms with van der Waals surface area (Å²) < 4.78 is 26.1. The van der Waals surface area contributed by atoms with Gasteiger partial charge in [-0.05, 0) is 18.2 Å². The summed E-state index contributed by atoms with van der Waals surface area (Å²) in [6.45, 7) is 1.05. The number of halogens is 1. The van der Waals surface area contributed by atoms with Crippen molar-refractivity contribution in [2.45, 2.75) is 4.90 Å². The zero-order valence-electron chi connectivity index (χ0n) is 9.10. The summed E-state index contributed by atoms with van der Waals surface area (Å²) in [7, 11) is -3.50. The van der Waals surface area contributed by atoms with E-state index in [0.717, 1.165) is 11.5 Å². The Morgan fingerprint density at radius 1 is 1.29 bits per heavy atom. The third kappa shape index (κ3) is 2.70. The molecule has 1 fully saturated rings. The molecule has 1 aliphatic rings. The predicted octanol–water partition coefficient (Wildman–Crippen LogP) is 1.66. The maximum Gasteiger partial charge on any atom is 0.245 e. The molecule has 0 bridgehead atoms. The van der Waals surface area contributed by atoms with Crippen LogP contribution in [-0.4, -0.2) is 37.3 Å². The van der Waals surface area contributed by atoms with Crippen molar-refractivity contribution in [2.75, 3.05) is 30.3 Å². The lowest BCUT2D eigenvalue weighted by Gasteiger charge is -2.26. The highest BCUT2D eigenvalue weighted by Gasteiger charge is 2.27. The Kier molecular flexibility index (Phi) is 3.87. The van der Waals surface area contributed by atoms with Crippen molar-refractivity contribution in [3.8, 4) is 0 Å². The standard InChI is InChI=1S/C10H13ClN2O2S2/c11-8-1-2-9(12)10(7-8)17(14,15)13-3-5-16-6-4-13/h1-2,7H,3-6,12H2. The largest absolute Gasteiger partial charge is 0.398 e. The molecule has 17 heavy (non-hydrogen) atoms. The zero-order chi connectivity index (χ0) is 12.5. The normalized spacial score (nSPS) is 18.2. The van der Waals surface area contributed by atoms with Gasteiger partial charge in [-0.3, -0.25) is 0 Å². The van der Waals surface area contributed by atoms with Crippen molar-refractivity contribution < 1.29 is 8.42 Å². The number of nitrogens with zero attached hydrogens (tertiary/aromatic N) is 1. The molecule has 1 heterocycles. The molecule has 0 aromatic heterocycles. The van der Waals surface area contributed by atoms with Crippen molar-refractivity contribution >= 4 is 39.1 Å². The topological polar surface area (TPSA) is 63.4 Å². The number of thioether (sulfide) groups is 1. The van der Waals surface area contributed by atoms with Crippen LogP contribution in [0.2, 0.25) is 5.02 Å². The summed E-state index contributed by atoms with van der Waals surface area (Å²) in [5, 5.41) is 0.379. The van der Waals surface area contributed by atoms with Gasteiger partial charge in [-0.2, -0.15) is 16.1 Å². The summed E-state index contributed by atoms with van der Waals surface area (Å²) in [6.07, 6.45) is 0. The Balaban J connectivity index is 2.40. The number of benzene rings is 1. The van der Waals surface area contributed by atoms with Crippen molar-refractivity contribution in [3.63, 3.8) is 0 Å². The highest BCUT2D eigenvalue weighted by atomic mass is 35.5. The molecular weight excluding hydrogens is 280 g/mol. The summed E-state index contributed by atoms with van der Waals surface area (Å²) >= 11 is 7.57. The Morgan fingerprint density at radius 2 is 1.94 bits per heavy atom. The van der Waals surface area contributed by atoms with E-state index in [1.165, 1.54) is 16.4 Å². The molecule has 0 aliphatic carbocycles. The molecule has 7 heteroatoms. The van der Waals surface area contributed by atoms with Gasteiger partial charge < -0.3 is 5.73 Å². The van der Waals surface area contributed by atoms with E-state index in [9.17, 15) is 8.42 Å². The molecule has 0 amide bonds. The van der Waals surface area contributed by atoms with Gasteiger partial charge >= 0.3 is 0 Å². The molecule has 1 saturated heterocycles. The Labute approximate surface area is 110 Å². The van der Waals surface area contributed by atoms with Crippen molar-refractivity contribution in [1.82, 2.24) is 4.31 Å². The number of sulfonamides is 1. The molecule has 0 spiro atoms. The zero-order valence-corrected chi connectivity index (χ0v) is 11.5. The van der Waals surface area contributed by atoms with Crippen LogP contribution >= 0.6 is 23.4 Å². The van der Waals surface area contributed by atoms with Crippen LogP contribution in [0.4, 0.5) is 5.69 Å². The second-order valence-corrected chi connectivity index (χ2v) is 7.27. The number of anilines is 1. The predicted molar refractivity (Wildman–Crippen MR) is 71.9 cm³/mol. The lowest BCUT2D eigenvalue weighted by molar-refractivity contribution is 0.444. The number of rotatable bonds is 2. The minimum absolute atomic E-state index is 0.108. The first-order valence-corrected chi connectivity index (χ1v) is 8.12. The average Bonchev–Trinajstić information content (AvgIpc) is 2.33. The van der Waals surface area contributed by atoms with E-state index in [2.05, 4.69) is 0 Å². The van der Waals surface area contributed by atoms with Crippen LogP contribution in [0, 0.1) is 0 Å². The lowest BCUT2D eigenvalue weighted by atomic mass is 10.3. The minimum atomic E-state index is -3.50. The van der Waals surface area contributed by atoms with Gasteiger partial charge in [0.15, 0.2) is 0 Å². The van der Waals surface area contributed by atoms with E-state index in [1.807, 2.05) is 0 Å². The molecule has 0 radical (unpaired) electrons. The van der Waals surface area contributed by atoms with E-state index in [-0.39, 0.29) is 10.6 Å². The quantitative estimate of drug-likeness (QED) is 0.842.